The molecule has 1 aliphatic carbocycles. The maximum absolute atomic E-state index is 11.5. The van der Waals surface area contributed by atoms with Crippen molar-refractivity contribution in [2.75, 3.05) is 13.6 Å². The number of benzene rings is 1. The van der Waals surface area contributed by atoms with Crippen molar-refractivity contribution in [3.05, 3.63) is 59.0 Å². The van der Waals surface area contributed by atoms with Gasteiger partial charge in [-0.05, 0) is 49.2 Å². The molecule has 0 saturated carbocycles. The second-order valence-electron chi connectivity index (χ2n) is 6.00. The number of rotatable bonds is 0. The summed E-state index contributed by atoms with van der Waals surface area (Å²) in [4.78, 5) is 15.3. The largest absolute Gasteiger partial charge is 0.302 e. The first kappa shape index (κ1) is 13.0. The summed E-state index contributed by atoms with van der Waals surface area (Å²) in [6, 6.07) is 8.64. The summed E-state index contributed by atoms with van der Waals surface area (Å²) >= 11 is 1.88. The van der Waals surface area contributed by atoms with Gasteiger partial charge in [-0.15, -0.1) is 11.3 Å². The number of carbonyl (C=O) groups is 1. The molecule has 0 amide bonds. The molecule has 0 N–H and O–H groups in total. The SMILES string of the molecule is CN1CCC2(C=CC(=O)C=C2)c2sc3ccccc3c2C1. The molecule has 106 valence electrons. The Morgan fingerprint density at radius 1 is 1.19 bits per heavy atom. The number of allylic oxidation sites excluding steroid dienone is 4. The Balaban J connectivity index is 1.99. The van der Waals surface area contributed by atoms with Gasteiger partial charge < -0.3 is 4.90 Å². The lowest BCUT2D eigenvalue weighted by Gasteiger charge is -2.27. The molecule has 3 heteroatoms. The topological polar surface area (TPSA) is 20.3 Å². The molecule has 1 aromatic heterocycles. The smallest absolute Gasteiger partial charge is 0.178 e. The fourth-order valence-corrected chi connectivity index (χ4v) is 4.75. The molecule has 1 spiro atoms. The van der Waals surface area contributed by atoms with Crippen LogP contribution in [0.5, 0.6) is 0 Å². The summed E-state index contributed by atoms with van der Waals surface area (Å²) < 4.78 is 1.34. The van der Waals surface area contributed by atoms with Crippen LogP contribution < -0.4 is 0 Å². The van der Waals surface area contributed by atoms with Gasteiger partial charge in [-0.2, -0.15) is 0 Å². The molecule has 2 nitrogen and oxygen atoms in total. The van der Waals surface area contributed by atoms with Gasteiger partial charge >= 0.3 is 0 Å². The third-order valence-electron chi connectivity index (χ3n) is 4.55. The standard InChI is InChI=1S/C18H17NOS/c1-19-11-10-18(8-6-13(20)7-9-18)17-15(12-19)14-4-2-3-5-16(14)21-17/h2-9H,10-12H2,1H3. The Labute approximate surface area is 128 Å². The highest BCUT2D eigenvalue weighted by Gasteiger charge is 2.36. The second kappa shape index (κ2) is 4.65. The van der Waals surface area contributed by atoms with Gasteiger partial charge in [0.2, 0.25) is 0 Å². The van der Waals surface area contributed by atoms with Crippen molar-refractivity contribution in [1.29, 1.82) is 0 Å². The molecule has 2 aliphatic rings. The molecule has 2 aromatic rings. The van der Waals surface area contributed by atoms with Gasteiger partial charge in [0.05, 0.1) is 0 Å². The van der Waals surface area contributed by atoms with E-state index >= 15 is 0 Å². The van der Waals surface area contributed by atoms with Crippen LogP contribution in [0.4, 0.5) is 0 Å². The van der Waals surface area contributed by atoms with Crippen LogP contribution in [0.25, 0.3) is 10.1 Å². The minimum absolute atomic E-state index is 0.0980. The number of hydrogen-bond acceptors (Lipinski definition) is 3. The van der Waals surface area contributed by atoms with Gasteiger partial charge in [-0.25, -0.2) is 0 Å². The molecule has 21 heavy (non-hydrogen) atoms. The Kier molecular flexibility index (Phi) is 2.88. The van der Waals surface area contributed by atoms with E-state index in [2.05, 4.69) is 48.4 Å². The van der Waals surface area contributed by atoms with E-state index in [9.17, 15) is 4.79 Å². The summed E-state index contributed by atoms with van der Waals surface area (Å²) in [5.74, 6) is 0.0980. The minimum Gasteiger partial charge on any atom is -0.302 e. The van der Waals surface area contributed by atoms with Crippen molar-refractivity contribution in [3.63, 3.8) is 0 Å². The lowest BCUT2D eigenvalue weighted by Crippen LogP contribution is -2.25. The van der Waals surface area contributed by atoms with Gasteiger partial charge in [0, 0.05) is 21.5 Å². The molecule has 0 radical (unpaired) electrons. The molecule has 2 heterocycles. The highest BCUT2D eigenvalue weighted by molar-refractivity contribution is 7.19. The Hall–Kier alpha value is -1.71. The zero-order chi connectivity index (χ0) is 14.4. The molecule has 0 atom stereocenters. The fraction of sp³-hybridized carbons (Fsp3) is 0.278. The zero-order valence-electron chi connectivity index (χ0n) is 12.0. The number of hydrogen-bond donors (Lipinski definition) is 0. The lowest BCUT2D eigenvalue weighted by atomic mass is 9.78. The fourth-order valence-electron chi connectivity index (χ4n) is 3.36. The van der Waals surface area contributed by atoms with Crippen molar-refractivity contribution in [1.82, 2.24) is 4.90 Å². The normalized spacial score (nSPS) is 20.9. The summed E-state index contributed by atoms with van der Waals surface area (Å²) in [5, 5.41) is 1.37. The number of nitrogens with zero attached hydrogens (tertiary/aromatic N) is 1. The van der Waals surface area contributed by atoms with Gasteiger partial charge in [-0.1, -0.05) is 30.4 Å². The average molecular weight is 295 g/mol. The molecular weight excluding hydrogens is 278 g/mol. The van der Waals surface area contributed by atoms with E-state index in [0.717, 1.165) is 19.5 Å². The van der Waals surface area contributed by atoms with Crippen LogP contribution in [0.15, 0.2) is 48.6 Å². The van der Waals surface area contributed by atoms with Crippen molar-refractivity contribution in [3.8, 4) is 0 Å². The van der Waals surface area contributed by atoms with Crippen LogP contribution in [0, 0.1) is 0 Å². The Morgan fingerprint density at radius 2 is 1.95 bits per heavy atom. The quantitative estimate of drug-likeness (QED) is 0.739. The first-order chi connectivity index (χ1) is 10.2. The van der Waals surface area contributed by atoms with E-state index < -0.39 is 0 Å². The number of thiophene rings is 1. The van der Waals surface area contributed by atoms with Crippen molar-refractivity contribution < 1.29 is 4.79 Å². The Bertz CT molecular complexity index is 768. The van der Waals surface area contributed by atoms with E-state index in [1.807, 2.05) is 11.3 Å². The number of fused-ring (bicyclic) bond motifs is 4. The van der Waals surface area contributed by atoms with E-state index in [-0.39, 0.29) is 11.2 Å². The summed E-state index contributed by atoms with van der Waals surface area (Å²) in [6.45, 7) is 2.02. The summed E-state index contributed by atoms with van der Waals surface area (Å²) in [7, 11) is 2.18. The number of carbonyl (C=O) groups excluding carboxylic acids is 1. The Morgan fingerprint density at radius 3 is 2.76 bits per heavy atom. The first-order valence-corrected chi connectivity index (χ1v) is 8.11. The first-order valence-electron chi connectivity index (χ1n) is 7.30. The number of ketones is 1. The predicted molar refractivity (Wildman–Crippen MR) is 87.7 cm³/mol. The van der Waals surface area contributed by atoms with Crippen LogP contribution in [-0.2, 0) is 16.8 Å². The van der Waals surface area contributed by atoms with Crippen LogP contribution in [0.1, 0.15) is 16.9 Å². The third kappa shape index (κ3) is 2.00. The van der Waals surface area contributed by atoms with Crippen LogP contribution in [-0.4, -0.2) is 24.3 Å². The highest BCUT2D eigenvalue weighted by atomic mass is 32.1. The third-order valence-corrected chi connectivity index (χ3v) is 5.95. The zero-order valence-corrected chi connectivity index (χ0v) is 12.8. The summed E-state index contributed by atoms with van der Waals surface area (Å²) in [6.07, 6.45) is 8.73. The van der Waals surface area contributed by atoms with Crippen molar-refractivity contribution in [2.24, 2.45) is 0 Å². The summed E-state index contributed by atoms with van der Waals surface area (Å²) in [5.41, 5.74) is 1.33. The van der Waals surface area contributed by atoms with Crippen LogP contribution >= 0.6 is 11.3 Å². The van der Waals surface area contributed by atoms with E-state index in [1.165, 1.54) is 20.5 Å². The van der Waals surface area contributed by atoms with Gasteiger partial charge in [0.1, 0.15) is 0 Å². The maximum atomic E-state index is 11.5. The maximum Gasteiger partial charge on any atom is 0.178 e. The van der Waals surface area contributed by atoms with Crippen molar-refractivity contribution >= 4 is 27.2 Å². The van der Waals surface area contributed by atoms with Gasteiger partial charge in [0.15, 0.2) is 5.78 Å². The second-order valence-corrected chi connectivity index (χ2v) is 7.06. The lowest BCUT2D eigenvalue weighted by molar-refractivity contribution is -0.110. The molecule has 4 rings (SSSR count). The van der Waals surface area contributed by atoms with Crippen molar-refractivity contribution in [2.45, 2.75) is 18.4 Å². The average Bonchev–Trinajstić information content (AvgIpc) is 2.81. The van der Waals surface area contributed by atoms with E-state index in [4.69, 9.17) is 0 Å². The van der Waals surface area contributed by atoms with E-state index in [0.29, 0.717) is 0 Å². The molecule has 0 fully saturated rings. The minimum atomic E-state index is -0.0995. The molecule has 0 bridgehead atoms. The highest BCUT2D eigenvalue weighted by Crippen LogP contribution is 2.45. The molecule has 0 saturated heterocycles. The molecular formula is C18H17NOS. The van der Waals surface area contributed by atoms with E-state index in [1.54, 1.807) is 12.2 Å². The van der Waals surface area contributed by atoms with Crippen LogP contribution in [0.2, 0.25) is 0 Å². The molecule has 0 unspecified atom stereocenters. The molecule has 1 aliphatic heterocycles. The van der Waals surface area contributed by atoms with Gasteiger partial charge in [-0.3, -0.25) is 4.79 Å². The van der Waals surface area contributed by atoms with Gasteiger partial charge in [0.25, 0.3) is 0 Å². The van der Waals surface area contributed by atoms with Crippen LogP contribution in [0.3, 0.4) is 0 Å². The predicted octanol–water partition coefficient (Wildman–Crippen LogP) is 3.67. The monoisotopic (exact) mass is 295 g/mol. The molecule has 1 aromatic carbocycles.